The predicted octanol–water partition coefficient (Wildman–Crippen LogP) is 8.64. The molecule has 0 aliphatic heterocycles. The zero-order valence-electron chi connectivity index (χ0n) is 23.0. The Balaban J connectivity index is 1.74. The van der Waals surface area contributed by atoms with E-state index < -0.39 is 8.32 Å². The Labute approximate surface area is 215 Å². The molecule has 1 aromatic carbocycles. The maximum atomic E-state index is 12.5. The molecule has 0 saturated heterocycles. The largest absolute Gasteiger partial charge is 0.411 e. The summed E-state index contributed by atoms with van der Waals surface area (Å²) < 4.78 is 6.94. The van der Waals surface area contributed by atoms with Crippen LogP contribution in [0.25, 0.3) is 0 Å². The summed E-state index contributed by atoms with van der Waals surface area (Å²) in [6, 6.07) is 10.3. The second-order valence-electron chi connectivity index (χ2n) is 12.6. The van der Waals surface area contributed by atoms with Crippen LogP contribution in [-0.2, 0) is 9.22 Å². The number of rotatable bonds is 8. The first kappa shape index (κ1) is 27.7. The van der Waals surface area contributed by atoms with E-state index in [4.69, 9.17) is 4.43 Å². The van der Waals surface area contributed by atoms with E-state index in [0.717, 1.165) is 37.7 Å². The molecule has 3 rings (SSSR count). The van der Waals surface area contributed by atoms with Crippen LogP contribution >= 0.6 is 0 Å². The number of Topliss-reactive ketones (excluding diaryl/α,β-unsaturated/α-hetero) is 1. The van der Waals surface area contributed by atoms with E-state index in [1.165, 1.54) is 19.3 Å². The fraction of sp³-hybridized carbons (Fsp3) is 0.594. The maximum Gasteiger partial charge on any atom is 0.192 e. The molecule has 2 aliphatic carbocycles. The van der Waals surface area contributed by atoms with Crippen LogP contribution in [0.15, 0.2) is 54.6 Å². The van der Waals surface area contributed by atoms with Gasteiger partial charge in [0.1, 0.15) is 5.78 Å². The highest BCUT2D eigenvalue weighted by atomic mass is 28.4. The Morgan fingerprint density at radius 3 is 2.37 bits per heavy atom. The monoisotopic (exact) mass is 490 g/mol. The van der Waals surface area contributed by atoms with E-state index in [2.05, 4.69) is 89.1 Å². The van der Waals surface area contributed by atoms with Crippen LogP contribution in [0.3, 0.4) is 0 Å². The lowest BCUT2D eigenvalue weighted by Crippen LogP contribution is -2.45. The summed E-state index contributed by atoms with van der Waals surface area (Å²) in [7, 11) is -1.92. The molecule has 2 aliphatic rings. The summed E-state index contributed by atoms with van der Waals surface area (Å²) in [6.45, 7) is 13.7. The van der Waals surface area contributed by atoms with Crippen molar-refractivity contribution in [3.05, 3.63) is 60.2 Å². The fourth-order valence-corrected chi connectivity index (χ4v) is 6.22. The molecule has 2 atom stereocenters. The van der Waals surface area contributed by atoms with Crippen molar-refractivity contribution in [2.75, 3.05) is 0 Å². The molecule has 2 fully saturated rings. The molecule has 2 saturated carbocycles. The molecule has 0 aromatic heterocycles. The van der Waals surface area contributed by atoms with Crippen LogP contribution in [0, 0.1) is 22.7 Å². The lowest BCUT2D eigenvalue weighted by molar-refractivity contribution is -0.127. The van der Waals surface area contributed by atoms with E-state index in [9.17, 15) is 4.79 Å². The average molecular weight is 491 g/mol. The first-order valence-corrected chi connectivity index (χ1v) is 16.5. The molecule has 0 spiro atoms. The molecule has 3 heteroatoms. The molecule has 1 aromatic rings. The number of benzene rings is 1. The normalized spacial score (nSPS) is 23.7. The van der Waals surface area contributed by atoms with Crippen LogP contribution in [0.4, 0.5) is 0 Å². The fourth-order valence-electron chi connectivity index (χ4n) is 4.95. The van der Waals surface area contributed by atoms with Crippen molar-refractivity contribution in [2.24, 2.45) is 10.8 Å². The van der Waals surface area contributed by atoms with Crippen molar-refractivity contribution in [1.82, 2.24) is 0 Å². The summed E-state index contributed by atoms with van der Waals surface area (Å²) in [6.07, 6.45) is 18.2. The molecule has 0 unspecified atom stereocenters. The molecule has 0 radical (unpaired) electrons. The topological polar surface area (TPSA) is 26.3 Å². The Morgan fingerprint density at radius 1 is 1.06 bits per heavy atom. The highest BCUT2D eigenvalue weighted by molar-refractivity contribution is 6.74. The van der Waals surface area contributed by atoms with E-state index in [-0.39, 0.29) is 22.0 Å². The highest BCUT2D eigenvalue weighted by Gasteiger charge is 2.43. The van der Waals surface area contributed by atoms with E-state index in [0.29, 0.717) is 12.2 Å². The molecular weight excluding hydrogens is 444 g/mol. The van der Waals surface area contributed by atoms with Crippen LogP contribution in [0.5, 0.6) is 0 Å². The number of ketones is 1. The summed E-state index contributed by atoms with van der Waals surface area (Å²) in [5.74, 6) is 7.24. The van der Waals surface area contributed by atoms with Gasteiger partial charge in [0, 0.05) is 23.8 Å². The van der Waals surface area contributed by atoms with Crippen molar-refractivity contribution in [1.29, 1.82) is 0 Å². The Morgan fingerprint density at radius 2 is 1.77 bits per heavy atom. The van der Waals surface area contributed by atoms with Crippen molar-refractivity contribution in [3.8, 4) is 11.8 Å². The second-order valence-corrected chi connectivity index (χ2v) is 17.4. The van der Waals surface area contributed by atoms with E-state index in [1.54, 1.807) is 0 Å². The second kappa shape index (κ2) is 11.4. The quantitative estimate of drug-likeness (QED) is 0.207. The predicted molar refractivity (Wildman–Crippen MR) is 151 cm³/mol. The first-order valence-electron chi connectivity index (χ1n) is 13.6. The van der Waals surface area contributed by atoms with Crippen molar-refractivity contribution in [3.63, 3.8) is 0 Å². The summed E-state index contributed by atoms with van der Waals surface area (Å²) in [5, 5.41) is 0.164. The first-order chi connectivity index (χ1) is 16.4. The zero-order chi connectivity index (χ0) is 25.6. The summed E-state index contributed by atoms with van der Waals surface area (Å²) in [4.78, 5) is 12.5. The van der Waals surface area contributed by atoms with Gasteiger partial charge in [0.2, 0.25) is 0 Å². The van der Waals surface area contributed by atoms with Crippen LogP contribution in [0.2, 0.25) is 18.1 Å². The van der Waals surface area contributed by atoms with E-state index in [1.807, 2.05) is 18.2 Å². The minimum absolute atomic E-state index is 0.0780. The minimum atomic E-state index is -1.92. The minimum Gasteiger partial charge on any atom is -0.411 e. The van der Waals surface area contributed by atoms with Gasteiger partial charge >= 0.3 is 0 Å². The van der Waals surface area contributed by atoms with Crippen LogP contribution in [-0.4, -0.2) is 20.2 Å². The van der Waals surface area contributed by atoms with Crippen molar-refractivity contribution < 1.29 is 9.22 Å². The number of hydrogen-bond acceptors (Lipinski definition) is 2. The third kappa shape index (κ3) is 7.54. The third-order valence-corrected chi connectivity index (χ3v) is 13.2. The number of allylic oxidation sites excluding steroid dienone is 3. The molecule has 0 heterocycles. The van der Waals surface area contributed by atoms with Gasteiger partial charge in [0.25, 0.3) is 0 Å². The number of carbonyl (C=O) groups is 1. The smallest absolute Gasteiger partial charge is 0.192 e. The van der Waals surface area contributed by atoms with Gasteiger partial charge in [-0.25, -0.2) is 0 Å². The number of hydrogen-bond donors (Lipinski definition) is 0. The summed E-state index contributed by atoms with van der Waals surface area (Å²) in [5.41, 5.74) is 1.03. The SMILES string of the molecule is CC(C)(C)[Si](C)(C)O[C@H](/C=C/C=C/[C@]1(C)CCCCC1=O)CC1(CC#Cc2ccccc2)CCC1. The van der Waals surface area contributed by atoms with Crippen LogP contribution < -0.4 is 0 Å². The molecule has 0 amide bonds. The lowest BCUT2D eigenvalue weighted by atomic mass is 9.64. The van der Waals surface area contributed by atoms with Gasteiger partial charge in [-0.2, -0.15) is 0 Å². The standard InChI is InChI=1S/C32H46O2Si/c1-30(2,3)35(5,6)34-28(19-10-12-21-31(4)22-13-11-20-29(31)33)26-32(24-15-25-32)23-14-18-27-16-8-7-9-17-27/h7-10,12,16-17,19,21,28H,11,13,15,20,22-26H2,1-6H3/b19-10+,21-12+/t28-,31-/m1/s1. The van der Waals surface area contributed by atoms with Gasteiger partial charge in [-0.1, -0.05) is 88.0 Å². The van der Waals surface area contributed by atoms with Gasteiger partial charge in [-0.05, 0) is 74.7 Å². The van der Waals surface area contributed by atoms with Gasteiger partial charge in [0.15, 0.2) is 8.32 Å². The maximum absolute atomic E-state index is 12.5. The lowest BCUT2D eigenvalue weighted by Gasteiger charge is -2.45. The van der Waals surface area contributed by atoms with Gasteiger partial charge in [0.05, 0.1) is 6.10 Å². The van der Waals surface area contributed by atoms with Crippen LogP contribution in [0.1, 0.15) is 91.0 Å². The van der Waals surface area contributed by atoms with Crippen molar-refractivity contribution >= 4 is 14.1 Å². The Kier molecular flexibility index (Phi) is 9.05. The van der Waals surface area contributed by atoms with Crippen molar-refractivity contribution in [2.45, 2.75) is 110 Å². The highest BCUT2D eigenvalue weighted by Crippen LogP contribution is 2.49. The summed E-state index contributed by atoms with van der Waals surface area (Å²) >= 11 is 0. The Bertz CT molecular complexity index is 966. The molecule has 0 N–H and O–H groups in total. The third-order valence-electron chi connectivity index (χ3n) is 8.66. The molecule has 190 valence electrons. The molecule has 0 bridgehead atoms. The number of carbonyl (C=O) groups excluding carboxylic acids is 1. The molecule has 35 heavy (non-hydrogen) atoms. The molecule has 2 nitrogen and oxygen atoms in total. The average Bonchev–Trinajstić information content (AvgIpc) is 2.76. The van der Waals surface area contributed by atoms with Gasteiger partial charge in [-0.3, -0.25) is 4.79 Å². The molecular formula is C32H46O2Si. The van der Waals surface area contributed by atoms with Gasteiger partial charge < -0.3 is 4.43 Å². The Hall–Kier alpha value is -1.89. The van der Waals surface area contributed by atoms with E-state index >= 15 is 0 Å². The zero-order valence-corrected chi connectivity index (χ0v) is 24.0. The van der Waals surface area contributed by atoms with Gasteiger partial charge in [-0.15, -0.1) is 0 Å².